The molecule has 688 valence electrons. The fourth-order valence-corrected chi connectivity index (χ4v) is 36.0. The molecule has 0 saturated carbocycles. The van der Waals surface area contributed by atoms with Crippen LogP contribution in [0.25, 0.3) is 165 Å². The van der Waals surface area contributed by atoms with Crippen molar-refractivity contribution in [1.82, 2.24) is 0 Å². The molecule has 0 amide bonds. The molecule has 4 nitrogen and oxygen atoms in total. The number of aryl methyl sites for hydroxylation is 3. The Morgan fingerprint density at radius 1 is 0.197 bits per heavy atom. The predicted molar refractivity (Wildman–Crippen MR) is 616 cm³/mol. The van der Waals surface area contributed by atoms with Gasteiger partial charge in [0.25, 0.3) is 0 Å². The highest BCUT2D eigenvalue weighted by molar-refractivity contribution is 7.05. The van der Waals surface area contributed by atoms with Crippen molar-refractivity contribution < 1.29 is 0 Å². The SMILES string of the molecule is Cc1ccc2c(-c3ccc4c(c3)N(C)c3ccccc3N4C)c3ccccc3c(-c3ccc4c(c3)-c3ccccc3C4(C)C)c2c1.Cc1ccc2c(-c3ccc4c(c3)N(C)c3ccccc3[Si]4(C)C)c3ccccc3c(-c3ccc4c(c3)-c3ccccc3C4(C)C)c2c1.Cc1ccc2c(-c3ccc4c(c3)N(C)c3ccccc3[Si]43CCCC3)c3ccccc3c(-c3ccc4c(c3)-c3ccccc3C4(C)C)c2c1. The lowest BCUT2D eigenvalue weighted by atomic mass is 9.81. The molecular formula is C136H116N4Si2. The third-order valence-corrected chi connectivity index (χ3v) is 43.3. The summed E-state index contributed by atoms with van der Waals surface area (Å²) in [5.74, 6) is 0. The quantitative estimate of drug-likeness (QED) is 0.121. The van der Waals surface area contributed by atoms with E-state index in [9.17, 15) is 0 Å². The van der Waals surface area contributed by atoms with Crippen molar-refractivity contribution in [3.05, 3.63) is 432 Å². The summed E-state index contributed by atoms with van der Waals surface area (Å²) in [6, 6.07) is 148. The van der Waals surface area contributed by atoms with Crippen molar-refractivity contribution in [2.24, 2.45) is 0 Å². The number of anilines is 8. The maximum Gasteiger partial charge on any atom is 0.123 e. The highest BCUT2D eigenvalue weighted by Gasteiger charge is 2.48. The molecule has 4 aliphatic heterocycles. The van der Waals surface area contributed by atoms with E-state index in [1.165, 1.54) is 296 Å². The standard InChI is InChI=1S/C47H41NSi.C45H39NSi.C44H36N2/c1-30-19-22-36-38(27-30)46(31-20-23-40-37(28-31)33-13-7-8-16-39(33)47(40,2)3)35-15-6-5-14-34(35)45(36)32-21-24-44-42(29-32)48(4)41-17-9-10-18-43(41)49(44)25-11-12-26-49;1-28-19-22-34-36(25-28)44(29-20-23-38-35(26-29)31-13-9-10-16-37(31)45(38,2)3)33-15-8-7-14-32(33)43(34)30-21-24-42-40(27-30)46(4)39-17-11-12-18-41(39)47(42,5)6;1-27-18-21-33-35(24-27)43(28-19-22-37-34(25-28)30-12-8-9-15-36(30)44(37,2)3)32-14-7-6-13-31(32)42(33)29-20-23-40-41(26-29)46(5)39-17-11-10-16-38(39)45(40)4/h5-10,13-24,27-29H,11-12,25-26H2,1-4H3;7-27H,1-6H3;6-26H,1-5H3. The summed E-state index contributed by atoms with van der Waals surface area (Å²) in [6.07, 6.45) is 2.71. The van der Waals surface area contributed by atoms with Crippen LogP contribution in [0.2, 0.25) is 25.2 Å². The molecule has 1 spiro atoms. The van der Waals surface area contributed by atoms with Crippen LogP contribution in [0, 0.1) is 20.8 Å². The van der Waals surface area contributed by atoms with Crippen LogP contribution in [0.3, 0.4) is 0 Å². The van der Waals surface area contributed by atoms with Crippen LogP contribution in [0.15, 0.2) is 382 Å². The molecule has 0 unspecified atom stereocenters. The van der Waals surface area contributed by atoms with Gasteiger partial charge in [0.15, 0.2) is 0 Å². The van der Waals surface area contributed by atoms with Gasteiger partial charge in [-0.3, -0.25) is 0 Å². The second kappa shape index (κ2) is 32.2. The Labute approximate surface area is 837 Å². The second-order valence-corrected chi connectivity index (χ2v) is 52.2. The number of hydrogen-bond acceptors (Lipinski definition) is 4. The summed E-state index contributed by atoms with van der Waals surface area (Å²) in [4.78, 5) is 9.54. The van der Waals surface area contributed by atoms with Gasteiger partial charge < -0.3 is 19.6 Å². The first-order valence-corrected chi connectivity index (χ1v) is 56.5. The van der Waals surface area contributed by atoms with Gasteiger partial charge in [0.2, 0.25) is 0 Å². The minimum Gasteiger partial charge on any atom is -0.345 e. The zero-order chi connectivity index (χ0) is 96.6. The molecule has 0 radical (unpaired) electrons. The first-order chi connectivity index (χ1) is 68.8. The van der Waals surface area contributed by atoms with E-state index >= 15 is 0 Å². The maximum absolute atomic E-state index is 2.54. The van der Waals surface area contributed by atoms with Gasteiger partial charge in [-0.05, 0) is 318 Å². The van der Waals surface area contributed by atoms with E-state index in [-0.39, 0.29) is 16.2 Å². The van der Waals surface area contributed by atoms with Gasteiger partial charge >= 0.3 is 0 Å². The second-order valence-electron chi connectivity index (χ2n) is 43.7. The zero-order valence-corrected chi connectivity index (χ0v) is 86.0. The topological polar surface area (TPSA) is 13.0 Å². The van der Waals surface area contributed by atoms with Gasteiger partial charge in [-0.1, -0.05) is 400 Å². The highest BCUT2D eigenvalue weighted by Crippen LogP contribution is 2.59. The van der Waals surface area contributed by atoms with Crippen LogP contribution in [-0.2, 0) is 16.2 Å². The van der Waals surface area contributed by atoms with Crippen LogP contribution >= 0.6 is 0 Å². The van der Waals surface area contributed by atoms with Gasteiger partial charge in [0, 0.05) is 67.2 Å². The number of benzene rings is 21. The maximum atomic E-state index is 2.54. The van der Waals surface area contributed by atoms with Crippen LogP contribution in [-0.4, -0.2) is 44.3 Å². The van der Waals surface area contributed by atoms with E-state index in [4.69, 9.17) is 0 Å². The molecule has 1 fully saturated rings. The van der Waals surface area contributed by atoms with Crippen LogP contribution in [0.1, 0.15) is 104 Å². The van der Waals surface area contributed by atoms with E-state index in [1.807, 2.05) is 0 Å². The molecule has 3 aliphatic carbocycles. The van der Waals surface area contributed by atoms with Crippen LogP contribution in [0.5, 0.6) is 0 Å². The Morgan fingerprint density at radius 3 is 0.838 bits per heavy atom. The van der Waals surface area contributed by atoms with E-state index in [2.05, 4.69) is 505 Å². The van der Waals surface area contributed by atoms with Crippen LogP contribution in [0.4, 0.5) is 45.5 Å². The predicted octanol–water partition coefficient (Wildman–Crippen LogP) is 34.0. The summed E-state index contributed by atoms with van der Waals surface area (Å²) in [5.41, 5.74) is 46.5. The first kappa shape index (κ1) is 87.1. The molecule has 0 atom stereocenters. The summed E-state index contributed by atoms with van der Waals surface area (Å²) < 4.78 is 0. The molecule has 28 rings (SSSR count). The molecule has 21 aromatic rings. The molecule has 0 N–H and O–H groups in total. The summed E-state index contributed by atoms with van der Waals surface area (Å²) in [5, 5.41) is 22.0. The van der Waals surface area contributed by atoms with Gasteiger partial charge in [-0.2, -0.15) is 0 Å². The van der Waals surface area contributed by atoms with Crippen LogP contribution < -0.4 is 40.3 Å². The molecular weight excluding hydrogens is 1750 g/mol. The minimum absolute atomic E-state index is 0.00487. The third-order valence-electron chi connectivity index (χ3n) is 34.4. The molecule has 4 heterocycles. The lowest BCUT2D eigenvalue weighted by Crippen LogP contribution is -2.61. The molecule has 0 bridgehead atoms. The first-order valence-electron chi connectivity index (χ1n) is 51.1. The lowest BCUT2D eigenvalue weighted by molar-refractivity contribution is 0.660. The Hall–Kier alpha value is -15.2. The Morgan fingerprint density at radius 2 is 0.444 bits per heavy atom. The molecule has 0 aromatic heterocycles. The monoisotopic (exact) mass is 1860 g/mol. The smallest absolute Gasteiger partial charge is 0.123 e. The van der Waals surface area contributed by atoms with Gasteiger partial charge in [0.05, 0.1) is 22.7 Å². The normalized spacial score (nSPS) is 15.4. The van der Waals surface area contributed by atoms with Crippen molar-refractivity contribution in [2.75, 3.05) is 47.8 Å². The number of nitrogens with zero attached hydrogens (tertiary/aromatic N) is 4. The number of para-hydroxylation sites is 4. The lowest BCUT2D eigenvalue weighted by Gasteiger charge is -2.41. The van der Waals surface area contributed by atoms with Crippen molar-refractivity contribution in [3.63, 3.8) is 0 Å². The number of hydrogen-bond donors (Lipinski definition) is 0. The summed E-state index contributed by atoms with van der Waals surface area (Å²) in [7, 11) is 5.25. The molecule has 7 aliphatic rings. The molecule has 6 heteroatoms. The molecule has 21 aromatic carbocycles. The van der Waals surface area contributed by atoms with E-state index in [0.29, 0.717) is 0 Å². The Bertz CT molecular complexity index is 9000. The summed E-state index contributed by atoms with van der Waals surface area (Å²) >= 11 is 0. The molecule has 142 heavy (non-hydrogen) atoms. The van der Waals surface area contributed by atoms with E-state index in [0.717, 1.165) is 0 Å². The van der Waals surface area contributed by atoms with Crippen molar-refractivity contribution in [3.8, 4) is 100 Å². The highest BCUT2D eigenvalue weighted by atomic mass is 28.3. The van der Waals surface area contributed by atoms with Gasteiger partial charge in [-0.15, -0.1) is 0 Å². The number of fused-ring (bicyclic) bond motifs is 23. The van der Waals surface area contributed by atoms with E-state index in [1.54, 1.807) is 10.4 Å². The average molecular weight is 1860 g/mol. The molecule has 1 saturated heterocycles. The number of rotatable bonds is 6. The van der Waals surface area contributed by atoms with Gasteiger partial charge in [-0.25, -0.2) is 0 Å². The average Bonchev–Trinajstić information content (AvgIpc) is 1.26. The largest absolute Gasteiger partial charge is 0.345 e. The van der Waals surface area contributed by atoms with E-state index < -0.39 is 16.1 Å². The Balaban J connectivity index is 0.000000109. The fourth-order valence-electron chi connectivity index (χ4n) is 27.3. The minimum atomic E-state index is -1.85. The fraction of sp³-hybridized carbons (Fsp3) is 0.162. The summed E-state index contributed by atoms with van der Waals surface area (Å²) in [6.45, 7) is 25.8. The zero-order valence-electron chi connectivity index (χ0n) is 84.0. The van der Waals surface area contributed by atoms with Crippen molar-refractivity contribution in [2.45, 2.75) is 117 Å². The van der Waals surface area contributed by atoms with Crippen molar-refractivity contribution in [1.29, 1.82) is 0 Å². The third kappa shape index (κ3) is 12.9. The van der Waals surface area contributed by atoms with Gasteiger partial charge in [0.1, 0.15) is 16.1 Å². The Kier molecular flexibility index (Phi) is 19.7. The van der Waals surface area contributed by atoms with Crippen molar-refractivity contribution >= 4 is 147 Å².